The van der Waals surface area contributed by atoms with Gasteiger partial charge in [-0.2, -0.15) is 5.26 Å². The lowest BCUT2D eigenvalue weighted by molar-refractivity contribution is 0.432. The van der Waals surface area contributed by atoms with Crippen LogP contribution in [0.15, 0.2) is 58.1 Å². The zero-order valence-electron chi connectivity index (χ0n) is 16.6. The van der Waals surface area contributed by atoms with Crippen LogP contribution in [0.4, 0.5) is 4.39 Å². The number of para-hydroxylation sites is 2. The molecule has 0 spiro atoms. The van der Waals surface area contributed by atoms with E-state index < -0.39 is 22.8 Å². The minimum absolute atomic E-state index is 0.0648. The molecule has 0 unspecified atom stereocenters. The number of hydrogen-bond donors (Lipinski definition) is 2. The summed E-state index contributed by atoms with van der Waals surface area (Å²) in [6, 6.07) is 14.4. The molecule has 8 nitrogen and oxygen atoms in total. The first kappa shape index (κ1) is 19.3. The number of rotatable bonds is 2. The van der Waals surface area contributed by atoms with Crippen LogP contribution in [0, 0.1) is 24.1 Å². The highest BCUT2D eigenvalue weighted by Gasteiger charge is 2.18. The first-order chi connectivity index (χ1) is 15.4. The first-order valence-electron chi connectivity index (χ1n) is 9.56. The van der Waals surface area contributed by atoms with Crippen LogP contribution in [0.1, 0.15) is 16.7 Å². The Kier molecular flexibility index (Phi) is 4.17. The summed E-state index contributed by atoms with van der Waals surface area (Å²) < 4.78 is 15.9. The van der Waals surface area contributed by atoms with Crippen LogP contribution in [-0.4, -0.2) is 24.3 Å². The Bertz CT molecular complexity index is 1770. The van der Waals surface area contributed by atoms with Crippen LogP contribution in [-0.2, 0) is 0 Å². The molecule has 0 aliphatic rings. The van der Waals surface area contributed by atoms with Gasteiger partial charge in [0.15, 0.2) is 5.65 Å². The smallest absolute Gasteiger partial charge is 0.275 e. The molecule has 0 radical (unpaired) electrons. The molecule has 0 fully saturated rings. The molecule has 5 rings (SSSR count). The van der Waals surface area contributed by atoms with Gasteiger partial charge in [0.2, 0.25) is 5.88 Å². The Balaban J connectivity index is 1.86. The van der Waals surface area contributed by atoms with Crippen molar-refractivity contribution in [2.24, 2.45) is 0 Å². The summed E-state index contributed by atoms with van der Waals surface area (Å²) >= 11 is 0. The fraction of sp³-hybridized carbons (Fsp3) is 0.0435. The predicted octanol–water partition coefficient (Wildman–Crippen LogP) is 1.90. The van der Waals surface area contributed by atoms with Gasteiger partial charge in [0.05, 0.1) is 22.3 Å². The van der Waals surface area contributed by atoms with E-state index in [4.69, 9.17) is 0 Å². The lowest BCUT2D eigenvalue weighted by Crippen LogP contribution is -2.34. The van der Waals surface area contributed by atoms with Gasteiger partial charge < -0.3 is 5.11 Å². The average Bonchev–Trinajstić information content (AvgIpc) is 3.29. The molecule has 3 heterocycles. The molecule has 2 aromatic carbocycles. The standard InChI is InChI=1S/C23H14FN5O3/c1-12-15(10-16-21(30)27-29(23(16)32)14-6-4-5-13(24)9-14)22(31)28-19-8-3-2-7-18(19)26-20(28)17(12)11-25/h2-10,32H,1H3,(H,27,30). The summed E-state index contributed by atoms with van der Waals surface area (Å²) in [5.74, 6) is -1.04. The van der Waals surface area contributed by atoms with Crippen LogP contribution >= 0.6 is 0 Å². The number of aromatic nitrogens is 4. The van der Waals surface area contributed by atoms with E-state index in [1.165, 1.54) is 28.7 Å². The van der Waals surface area contributed by atoms with E-state index in [9.17, 15) is 24.3 Å². The van der Waals surface area contributed by atoms with Crippen LogP contribution in [0.2, 0.25) is 0 Å². The Labute approximate surface area is 178 Å². The maximum Gasteiger partial charge on any atom is 0.275 e. The first-order valence-corrected chi connectivity index (χ1v) is 9.56. The van der Waals surface area contributed by atoms with Gasteiger partial charge in [0, 0.05) is 5.22 Å². The van der Waals surface area contributed by atoms with Crippen molar-refractivity contribution in [1.29, 1.82) is 5.26 Å². The molecule has 3 aromatic heterocycles. The molecule has 0 aliphatic carbocycles. The molecule has 0 atom stereocenters. The highest BCUT2D eigenvalue weighted by atomic mass is 19.1. The van der Waals surface area contributed by atoms with E-state index in [0.717, 1.165) is 10.7 Å². The van der Waals surface area contributed by atoms with Gasteiger partial charge in [-0.3, -0.25) is 19.1 Å². The number of H-pyrrole nitrogens is 1. The second-order valence-corrected chi connectivity index (χ2v) is 7.23. The monoisotopic (exact) mass is 427 g/mol. The normalized spacial score (nSPS) is 12.0. The number of nitrogens with one attached hydrogen (secondary N) is 1. The molecule has 5 aromatic rings. The van der Waals surface area contributed by atoms with E-state index in [2.05, 4.69) is 16.2 Å². The van der Waals surface area contributed by atoms with Crippen molar-refractivity contribution in [2.45, 2.75) is 6.92 Å². The summed E-state index contributed by atoms with van der Waals surface area (Å²) in [5.41, 5.74) is 0.662. The maximum atomic E-state index is 13.6. The zero-order valence-corrected chi connectivity index (χ0v) is 16.6. The molecule has 0 aliphatic heterocycles. The Morgan fingerprint density at radius 3 is 2.72 bits per heavy atom. The van der Waals surface area contributed by atoms with E-state index in [1.807, 2.05) is 0 Å². The fourth-order valence-corrected chi connectivity index (χ4v) is 3.80. The van der Waals surface area contributed by atoms with Gasteiger partial charge in [-0.05, 0) is 48.9 Å². The lowest BCUT2D eigenvalue weighted by Gasteiger charge is -2.04. The van der Waals surface area contributed by atoms with Crippen molar-refractivity contribution in [3.63, 3.8) is 0 Å². The number of hydrogen-bond acceptors (Lipinski definition) is 5. The minimum atomic E-state index is -0.681. The number of benzene rings is 2. The number of aromatic amines is 1. The molecule has 0 bridgehead atoms. The minimum Gasteiger partial charge on any atom is -0.493 e. The molecule has 32 heavy (non-hydrogen) atoms. The second kappa shape index (κ2) is 6.92. The van der Waals surface area contributed by atoms with E-state index in [0.29, 0.717) is 16.6 Å². The topological polar surface area (TPSA) is 116 Å². The van der Waals surface area contributed by atoms with Gasteiger partial charge >= 0.3 is 0 Å². The Hall–Kier alpha value is -4.71. The second-order valence-electron chi connectivity index (χ2n) is 7.23. The molecule has 0 saturated heterocycles. The fourth-order valence-electron chi connectivity index (χ4n) is 3.80. The van der Waals surface area contributed by atoms with Crippen molar-refractivity contribution in [3.8, 4) is 17.6 Å². The third-order valence-corrected chi connectivity index (χ3v) is 5.37. The van der Waals surface area contributed by atoms with Crippen LogP contribution in [0.25, 0.3) is 28.4 Å². The van der Waals surface area contributed by atoms with E-state index in [1.54, 1.807) is 31.2 Å². The molecular weight excluding hydrogens is 413 g/mol. The molecule has 0 amide bonds. The number of imidazole rings is 1. The average molecular weight is 427 g/mol. The van der Waals surface area contributed by atoms with Crippen molar-refractivity contribution in [2.75, 3.05) is 0 Å². The van der Waals surface area contributed by atoms with E-state index >= 15 is 0 Å². The summed E-state index contributed by atoms with van der Waals surface area (Å²) in [6.07, 6.45) is 1.23. The number of nitrogens with zero attached hydrogens (tertiary/aromatic N) is 4. The largest absolute Gasteiger partial charge is 0.493 e. The number of aromatic hydroxyl groups is 1. The lowest BCUT2D eigenvalue weighted by atomic mass is 10.1. The third kappa shape index (κ3) is 2.70. The van der Waals surface area contributed by atoms with Gasteiger partial charge in [-0.15, -0.1) is 0 Å². The van der Waals surface area contributed by atoms with Crippen molar-refractivity contribution in [3.05, 3.63) is 97.0 Å². The van der Waals surface area contributed by atoms with Gasteiger partial charge in [0.1, 0.15) is 17.4 Å². The Morgan fingerprint density at radius 1 is 1.19 bits per heavy atom. The van der Waals surface area contributed by atoms with Gasteiger partial charge in [-0.1, -0.05) is 18.2 Å². The molecule has 0 saturated carbocycles. The van der Waals surface area contributed by atoms with Gasteiger partial charge in [-0.25, -0.2) is 14.1 Å². The Morgan fingerprint density at radius 2 is 1.97 bits per heavy atom. The number of fused-ring (bicyclic) bond motifs is 3. The number of nitriles is 1. The maximum absolute atomic E-state index is 13.6. The predicted molar refractivity (Wildman–Crippen MR) is 115 cm³/mol. The summed E-state index contributed by atoms with van der Waals surface area (Å²) in [7, 11) is 0. The number of pyridine rings is 1. The van der Waals surface area contributed by atoms with Crippen LogP contribution in [0.3, 0.4) is 0 Å². The van der Waals surface area contributed by atoms with Crippen LogP contribution < -0.4 is 16.3 Å². The van der Waals surface area contributed by atoms with Crippen molar-refractivity contribution >= 4 is 22.8 Å². The summed E-state index contributed by atoms with van der Waals surface area (Å²) in [6.45, 7) is 1.58. The van der Waals surface area contributed by atoms with Crippen molar-refractivity contribution in [1.82, 2.24) is 19.2 Å². The molecule has 2 N–H and O–H groups in total. The van der Waals surface area contributed by atoms with Crippen LogP contribution in [0.5, 0.6) is 5.88 Å². The molecule has 9 heteroatoms. The molecular formula is C23H14FN5O3. The quantitative estimate of drug-likeness (QED) is 0.446. The summed E-state index contributed by atoms with van der Waals surface area (Å²) in [4.78, 5) is 30.4. The molecule has 156 valence electrons. The highest BCUT2D eigenvalue weighted by Crippen LogP contribution is 2.20. The van der Waals surface area contributed by atoms with Crippen molar-refractivity contribution < 1.29 is 9.50 Å². The van der Waals surface area contributed by atoms with E-state index in [-0.39, 0.29) is 27.7 Å². The highest BCUT2D eigenvalue weighted by molar-refractivity contribution is 5.82. The summed E-state index contributed by atoms with van der Waals surface area (Å²) in [5, 5.41) is 22.9. The zero-order chi connectivity index (χ0) is 22.6. The SMILES string of the molecule is Cc1c(C#N)c2nc3ccccc3n2c(=O)c1=Cc1c(O)n(-c2cccc(F)c2)[nH]c1=O. The number of halogens is 1. The third-order valence-electron chi connectivity index (χ3n) is 5.37. The van der Waals surface area contributed by atoms with Gasteiger partial charge in [0.25, 0.3) is 11.1 Å².